The second-order valence-electron chi connectivity index (χ2n) is 3.97. The number of aryl methyl sites for hydroxylation is 2. The standard InChI is InChI=1S/C12H18N6/c1-3-10-15-12(4-2)18(17-10)8-9-6-5-7-11(14-9)16-13/h5-7H,3-4,8,13H2,1-2H3,(H,14,16). The second-order valence-corrected chi connectivity index (χ2v) is 3.97. The van der Waals surface area contributed by atoms with Gasteiger partial charge >= 0.3 is 0 Å². The predicted octanol–water partition coefficient (Wildman–Crippen LogP) is 1.13. The first kappa shape index (κ1) is 12.5. The zero-order valence-electron chi connectivity index (χ0n) is 10.7. The largest absolute Gasteiger partial charge is 0.308 e. The summed E-state index contributed by atoms with van der Waals surface area (Å²) < 4.78 is 1.90. The van der Waals surface area contributed by atoms with Crippen molar-refractivity contribution in [3.05, 3.63) is 35.5 Å². The molecule has 0 aromatic carbocycles. The van der Waals surface area contributed by atoms with Crippen LogP contribution >= 0.6 is 0 Å². The lowest BCUT2D eigenvalue weighted by molar-refractivity contribution is 0.627. The van der Waals surface area contributed by atoms with Crippen LogP contribution in [0.4, 0.5) is 5.82 Å². The van der Waals surface area contributed by atoms with Crippen molar-refractivity contribution < 1.29 is 0 Å². The molecule has 18 heavy (non-hydrogen) atoms. The van der Waals surface area contributed by atoms with Crippen molar-refractivity contribution >= 4 is 5.82 Å². The van der Waals surface area contributed by atoms with Crippen molar-refractivity contribution in [2.45, 2.75) is 33.2 Å². The molecular weight excluding hydrogens is 228 g/mol. The molecule has 0 spiro atoms. The molecule has 0 amide bonds. The Bertz CT molecular complexity index is 519. The highest BCUT2D eigenvalue weighted by molar-refractivity contribution is 5.33. The molecule has 0 unspecified atom stereocenters. The number of nitrogen functional groups attached to an aromatic ring is 1. The number of hydrazine groups is 1. The van der Waals surface area contributed by atoms with Gasteiger partial charge in [0.15, 0.2) is 5.82 Å². The summed E-state index contributed by atoms with van der Waals surface area (Å²) in [6.07, 6.45) is 1.71. The molecular formula is C12H18N6. The Morgan fingerprint density at radius 1 is 1.22 bits per heavy atom. The number of nitrogens with one attached hydrogen (secondary N) is 1. The normalized spacial score (nSPS) is 10.6. The minimum atomic E-state index is 0.617. The maximum atomic E-state index is 5.35. The number of nitrogens with zero attached hydrogens (tertiary/aromatic N) is 4. The molecule has 2 aromatic rings. The Morgan fingerprint density at radius 3 is 2.72 bits per heavy atom. The first-order valence-electron chi connectivity index (χ1n) is 6.12. The molecule has 0 aliphatic heterocycles. The van der Waals surface area contributed by atoms with Crippen LogP contribution in [0, 0.1) is 0 Å². The Labute approximate surface area is 106 Å². The number of rotatable bonds is 5. The fourth-order valence-corrected chi connectivity index (χ4v) is 1.77. The monoisotopic (exact) mass is 246 g/mol. The van der Waals surface area contributed by atoms with Gasteiger partial charge in [0, 0.05) is 12.8 Å². The van der Waals surface area contributed by atoms with Crippen LogP contribution in [-0.2, 0) is 19.4 Å². The molecule has 6 heteroatoms. The topological polar surface area (TPSA) is 81.7 Å². The smallest absolute Gasteiger partial charge is 0.150 e. The van der Waals surface area contributed by atoms with Gasteiger partial charge in [-0.1, -0.05) is 19.9 Å². The summed E-state index contributed by atoms with van der Waals surface area (Å²) in [7, 11) is 0. The highest BCUT2D eigenvalue weighted by Crippen LogP contribution is 2.07. The number of aromatic nitrogens is 4. The minimum Gasteiger partial charge on any atom is -0.308 e. The van der Waals surface area contributed by atoms with Gasteiger partial charge in [-0.15, -0.1) is 0 Å². The van der Waals surface area contributed by atoms with Crippen LogP contribution in [0.25, 0.3) is 0 Å². The summed E-state index contributed by atoms with van der Waals surface area (Å²) in [5.74, 6) is 7.86. The van der Waals surface area contributed by atoms with Crippen molar-refractivity contribution in [3.63, 3.8) is 0 Å². The molecule has 6 nitrogen and oxygen atoms in total. The number of anilines is 1. The van der Waals surface area contributed by atoms with Gasteiger partial charge in [0.25, 0.3) is 0 Å². The van der Waals surface area contributed by atoms with Gasteiger partial charge < -0.3 is 5.43 Å². The van der Waals surface area contributed by atoms with Crippen LogP contribution in [0.5, 0.6) is 0 Å². The number of hydrogen-bond donors (Lipinski definition) is 2. The lowest BCUT2D eigenvalue weighted by atomic mass is 10.3. The average Bonchev–Trinajstić information content (AvgIpc) is 2.81. The summed E-state index contributed by atoms with van der Waals surface area (Å²) >= 11 is 0. The molecule has 0 aliphatic rings. The van der Waals surface area contributed by atoms with Crippen LogP contribution in [0.15, 0.2) is 18.2 Å². The summed E-state index contributed by atoms with van der Waals surface area (Å²) in [5, 5.41) is 4.46. The van der Waals surface area contributed by atoms with E-state index in [0.29, 0.717) is 12.4 Å². The molecule has 2 rings (SSSR count). The number of pyridine rings is 1. The van der Waals surface area contributed by atoms with Crippen molar-refractivity contribution in [3.8, 4) is 0 Å². The molecule has 0 fully saturated rings. The fraction of sp³-hybridized carbons (Fsp3) is 0.417. The third-order valence-corrected chi connectivity index (χ3v) is 2.69. The van der Waals surface area contributed by atoms with Crippen LogP contribution in [0.1, 0.15) is 31.2 Å². The van der Waals surface area contributed by atoms with Gasteiger partial charge in [-0.2, -0.15) is 5.10 Å². The summed E-state index contributed by atoms with van der Waals surface area (Å²) in [6.45, 7) is 4.74. The van der Waals surface area contributed by atoms with Gasteiger partial charge in [-0.25, -0.2) is 20.5 Å². The highest BCUT2D eigenvalue weighted by atomic mass is 15.3. The molecule has 2 aromatic heterocycles. The number of nitrogens with two attached hydrogens (primary N) is 1. The van der Waals surface area contributed by atoms with Crippen LogP contribution in [0.3, 0.4) is 0 Å². The third kappa shape index (κ3) is 2.65. The Kier molecular flexibility index (Phi) is 3.88. The van der Waals surface area contributed by atoms with E-state index in [1.54, 1.807) is 0 Å². The summed E-state index contributed by atoms with van der Waals surface area (Å²) in [4.78, 5) is 8.84. The molecule has 0 aliphatic carbocycles. The predicted molar refractivity (Wildman–Crippen MR) is 69.9 cm³/mol. The lowest BCUT2D eigenvalue weighted by Gasteiger charge is -2.05. The first-order chi connectivity index (χ1) is 8.76. The van der Waals surface area contributed by atoms with E-state index < -0.39 is 0 Å². The van der Waals surface area contributed by atoms with E-state index in [2.05, 4.69) is 34.3 Å². The van der Waals surface area contributed by atoms with E-state index in [-0.39, 0.29) is 0 Å². The van der Waals surface area contributed by atoms with Gasteiger partial charge in [0.05, 0.1) is 12.2 Å². The van der Waals surface area contributed by atoms with E-state index in [0.717, 1.165) is 30.2 Å². The molecule has 0 radical (unpaired) electrons. The third-order valence-electron chi connectivity index (χ3n) is 2.69. The van der Waals surface area contributed by atoms with Crippen molar-refractivity contribution in [1.82, 2.24) is 19.7 Å². The Balaban J connectivity index is 2.24. The average molecular weight is 246 g/mol. The molecule has 3 N–H and O–H groups in total. The van der Waals surface area contributed by atoms with E-state index in [1.165, 1.54) is 0 Å². The highest BCUT2D eigenvalue weighted by Gasteiger charge is 2.08. The Morgan fingerprint density at radius 2 is 2.06 bits per heavy atom. The van der Waals surface area contributed by atoms with E-state index in [4.69, 9.17) is 5.84 Å². The fourth-order valence-electron chi connectivity index (χ4n) is 1.77. The van der Waals surface area contributed by atoms with Gasteiger partial charge in [0.1, 0.15) is 11.6 Å². The molecule has 0 bridgehead atoms. The van der Waals surface area contributed by atoms with Crippen LogP contribution < -0.4 is 11.3 Å². The van der Waals surface area contributed by atoms with Gasteiger partial charge in [-0.05, 0) is 12.1 Å². The first-order valence-corrected chi connectivity index (χ1v) is 6.12. The molecule has 0 saturated carbocycles. The zero-order chi connectivity index (χ0) is 13.0. The molecule has 0 saturated heterocycles. The minimum absolute atomic E-state index is 0.617. The lowest BCUT2D eigenvalue weighted by Crippen LogP contribution is -2.12. The SMILES string of the molecule is CCc1nc(CC)n(Cc2cccc(NN)n2)n1. The molecule has 2 heterocycles. The van der Waals surface area contributed by atoms with E-state index >= 15 is 0 Å². The van der Waals surface area contributed by atoms with Crippen molar-refractivity contribution in [2.75, 3.05) is 5.43 Å². The quantitative estimate of drug-likeness (QED) is 0.610. The summed E-state index contributed by atoms with van der Waals surface area (Å²) in [5.41, 5.74) is 3.45. The molecule has 0 atom stereocenters. The van der Waals surface area contributed by atoms with Crippen molar-refractivity contribution in [2.24, 2.45) is 5.84 Å². The maximum Gasteiger partial charge on any atom is 0.150 e. The second kappa shape index (κ2) is 5.59. The van der Waals surface area contributed by atoms with E-state index in [9.17, 15) is 0 Å². The zero-order valence-corrected chi connectivity index (χ0v) is 10.7. The Hall–Kier alpha value is -1.95. The van der Waals surface area contributed by atoms with Crippen LogP contribution in [0.2, 0.25) is 0 Å². The summed E-state index contributed by atoms with van der Waals surface area (Å²) in [6, 6.07) is 5.69. The van der Waals surface area contributed by atoms with Crippen molar-refractivity contribution in [1.29, 1.82) is 0 Å². The van der Waals surface area contributed by atoms with E-state index in [1.807, 2.05) is 22.9 Å². The van der Waals surface area contributed by atoms with Gasteiger partial charge in [0.2, 0.25) is 0 Å². The molecule has 96 valence electrons. The van der Waals surface area contributed by atoms with Crippen LogP contribution in [-0.4, -0.2) is 19.7 Å². The number of hydrogen-bond acceptors (Lipinski definition) is 5. The maximum absolute atomic E-state index is 5.35. The van der Waals surface area contributed by atoms with Gasteiger partial charge in [-0.3, -0.25) is 0 Å².